The van der Waals surface area contributed by atoms with E-state index in [0.29, 0.717) is 0 Å². The van der Waals surface area contributed by atoms with Crippen LogP contribution in [0.3, 0.4) is 0 Å². The molecule has 3 rings (SSSR count). The zero-order chi connectivity index (χ0) is 12.5. The Morgan fingerprint density at radius 1 is 1.17 bits per heavy atom. The predicted octanol–water partition coefficient (Wildman–Crippen LogP) is 2.94. The number of benzene rings is 1. The van der Waals surface area contributed by atoms with Crippen LogP contribution in [0.5, 0.6) is 5.75 Å². The largest absolute Gasteiger partial charge is 0.497 e. The highest BCUT2D eigenvalue weighted by atomic mass is 16.5. The Labute approximate surface area is 105 Å². The molecule has 0 fully saturated rings. The Kier molecular flexibility index (Phi) is 2.48. The van der Waals surface area contributed by atoms with Gasteiger partial charge in [-0.2, -0.15) is 0 Å². The number of hydrogen-bond donors (Lipinski definition) is 1. The van der Waals surface area contributed by atoms with E-state index in [1.165, 1.54) is 0 Å². The normalized spacial score (nSPS) is 10.8. The summed E-state index contributed by atoms with van der Waals surface area (Å²) in [4.78, 5) is 12.0. The van der Waals surface area contributed by atoms with Crippen molar-refractivity contribution >= 4 is 11.2 Å². The lowest BCUT2D eigenvalue weighted by atomic mass is 10.2. The van der Waals surface area contributed by atoms with Gasteiger partial charge in [0, 0.05) is 11.8 Å². The van der Waals surface area contributed by atoms with Crippen LogP contribution in [0.2, 0.25) is 0 Å². The second-order valence-corrected chi connectivity index (χ2v) is 4.20. The molecule has 0 aliphatic carbocycles. The van der Waals surface area contributed by atoms with Crippen LogP contribution in [0, 0.1) is 6.92 Å². The van der Waals surface area contributed by atoms with Gasteiger partial charge < -0.3 is 9.72 Å². The van der Waals surface area contributed by atoms with Crippen LogP contribution < -0.4 is 4.74 Å². The summed E-state index contributed by atoms with van der Waals surface area (Å²) in [6.07, 6.45) is 1.82. The number of nitrogens with zero attached hydrogens (tertiary/aromatic N) is 2. The molecular formula is C14H13N3O. The van der Waals surface area contributed by atoms with Crippen LogP contribution in [0.25, 0.3) is 22.6 Å². The molecule has 0 radical (unpaired) electrons. The van der Waals surface area contributed by atoms with E-state index in [2.05, 4.69) is 15.0 Å². The Balaban J connectivity index is 2.07. The molecule has 0 saturated heterocycles. The van der Waals surface area contributed by atoms with Crippen LogP contribution in [-0.2, 0) is 0 Å². The molecule has 0 spiro atoms. The Morgan fingerprint density at radius 3 is 2.67 bits per heavy atom. The first-order valence-corrected chi connectivity index (χ1v) is 5.73. The Hall–Kier alpha value is -2.36. The van der Waals surface area contributed by atoms with Crippen molar-refractivity contribution in [2.45, 2.75) is 6.92 Å². The number of imidazole rings is 1. The van der Waals surface area contributed by atoms with Crippen molar-refractivity contribution in [1.29, 1.82) is 0 Å². The zero-order valence-corrected chi connectivity index (χ0v) is 10.3. The standard InChI is InChI=1S/C14H13N3O/c1-9-7-12-14(15-8-9)17-13(16-12)10-3-5-11(18-2)6-4-10/h3-8H,1-2H3,(H,15,16,17). The van der Waals surface area contributed by atoms with E-state index in [9.17, 15) is 0 Å². The fraction of sp³-hybridized carbons (Fsp3) is 0.143. The maximum Gasteiger partial charge on any atom is 0.178 e. The molecule has 18 heavy (non-hydrogen) atoms. The molecule has 0 unspecified atom stereocenters. The van der Waals surface area contributed by atoms with Gasteiger partial charge in [-0.3, -0.25) is 0 Å². The molecule has 0 aliphatic heterocycles. The quantitative estimate of drug-likeness (QED) is 0.748. The predicted molar refractivity (Wildman–Crippen MR) is 70.6 cm³/mol. The maximum atomic E-state index is 5.14. The summed E-state index contributed by atoms with van der Waals surface area (Å²) in [5.74, 6) is 1.66. The molecule has 2 aromatic heterocycles. The molecule has 4 heteroatoms. The van der Waals surface area contributed by atoms with Gasteiger partial charge in [0.15, 0.2) is 5.65 Å². The first kappa shape index (κ1) is 10.8. The molecule has 0 atom stereocenters. The van der Waals surface area contributed by atoms with Crippen LogP contribution in [0.1, 0.15) is 5.56 Å². The summed E-state index contributed by atoms with van der Waals surface area (Å²) in [5.41, 5.74) is 3.84. The lowest BCUT2D eigenvalue weighted by Crippen LogP contribution is -1.83. The number of hydrogen-bond acceptors (Lipinski definition) is 3. The average molecular weight is 239 g/mol. The number of aryl methyl sites for hydroxylation is 1. The number of fused-ring (bicyclic) bond motifs is 1. The molecule has 0 bridgehead atoms. The second-order valence-electron chi connectivity index (χ2n) is 4.20. The highest BCUT2D eigenvalue weighted by Crippen LogP contribution is 2.22. The molecule has 0 aliphatic rings. The molecule has 1 aromatic carbocycles. The van der Waals surface area contributed by atoms with Gasteiger partial charge in [0.05, 0.1) is 12.6 Å². The monoisotopic (exact) mass is 239 g/mol. The number of aromatic amines is 1. The van der Waals surface area contributed by atoms with E-state index in [0.717, 1.165) is 33.9 Å². The smallest absolute Gasteiger partial charge is 0.178 e. The molecule has 0 saturated carbocycles. The first-order valence-electron chi connectivity index (χ1n) is 5.73. The van der Waals surface area contributed by atoms with Gasteiger partial charge in [0.25, 0.3) is 0 Å². The second kappa shape index (κ2) is 4.14. The van der Waals surface area contributed by atoms with Crippen molar-refractivity contribution in [3.05, 3.63) is 42.1 Å². The van der Waals surface area contributed by atoms with Gasteiger partial charge in [-0.05, 0) is 42.8 Å². The van der Waals surface area contributed by atoms with Gasteiger partial charge in [-0.15, -0.1) is 0 Å². The highest BCUT2D eigenvalue weighted by Gasteiger charge is 2.06. The summed E-state index contributed by atoms with van der Waals surface area (Å²) in [6, 6.07) is 9.83. The summed E-state index contributed by atoms with van der Waals surface area (Å²) < 4.78 is 5.14. The Bertz CT molecular complexity index is 686. The molecule has 3 aromatic rings. The SMILES string of the molecule is COc1ccc(-c2nc3ncc(C)cc3[nH]2)cc1. The minimum Gasteiger partial charge on any atom is -0.497 e. The van der Waals surface area contributed by atoms with Crippen molar-refractivity contribution in [2.24, 2.45) is 0 Å². The average Bonchev–Trinajstić information content (AvgIpc) is 2.81. The molecule has 0 amide bonds. The summed E-state index contributed by atoms with van der Waals surface area (Å²) in [6.45, 7) is 2.01. The summed E-state index contributed by atoms with van der Waals surface area (Å²) >= 11 is 0. The topological polar surface area (TPSA) is 50.8 Å². The molecule has 90 valence electrons. The maximum absolute atomic E-state index is 5.14. The third-order valence-corrected chi connectivity index (χ3v) is 2.84. The lowest BCUT2D eigenvalue weighted by molar-refractivity contribution is 0.415. The van der Waals surface area contributed by atoms with E-state index in [-0.39, 0.29) is 0 Å². The van der Waals surface area contributed by atoms with E-state index < -0.39 is 0 Å². The summed E-state index contributed by atoms with van der Waals surface area (Å²) in [5, 5.41) is 0. The van der Waals surface area contributed by atoms with Crippen molar-refractivity contribution in [1.82, 2.24) is 15.0 Å². The first-order chi connectivity index (χ1) is 8.76. The van der Waals surface area contributed by atoms with Crippen LogP contribution in [0.15, 0.2) is 36.5 Å². The van der Waals surface area contributed by atoms with Gasteiger partial charge in [0.2, 0.25) is 0 Å². The van der Waals surface area contributed by atoms with Crippen LogP contribution in [0.4, 0.5) is 0 Å². The number of aromatic nitrogens is 3. The zero-order valence-electron chi connectivity index (χ0n) is 10.3. The van der Waals surface area contributed by atoms with E-state index in [1.807, 2.05) is 43.5 Å². The fourth-order valence-corrected chi connectivity index (χ4v) is 1.89. The summed E-state index contributed by atoms with van der Waals surface area (Å²) in [7, 11) is 1.66. The molecule has 2 heterocycles. The number of H-pyrrole nitrogens is 1. The lowest BCUT2D eigenvalue weighted by Gasteiger charge is -2.00. The fourth-order valence-electron chi connectivity index (χ4n) is 1.89. The molecule has 1 N–H and O–H groups in total. The third kappa shape index (κ3) is 1.82. The van der Waals surface area contributed by atoms with Gasteiger partial charge in [0.1, 0.15) is 11.6 Å². The minimum absolute atomic E-state index is 0.742. The number of ether oxygens (including phenoxy) is 1. The van der Waals surface area contributed by atoms with Crippen LogP contribution >= 0.6 is 0 Å². The van der Waals surface area contributed by atoms with E-state index in [1.54, 1.807) is 7.11 Å². The third-order valence-electron chi connectivity index (χ3n) is 2.84. The van der Waals surface area contributed by atoms with Crippen LogP contribution in [-0.4, -0.2) is 22.1 Å². The van der Waals surface area contributed by atoms with Gasteiger partial charge in [-0.25, -0.2) is 9.97 Å². The number of rotatable bonds is 2. The van der Waals surface area contributed by atoms with Crippen molar-refractivity contribution in [2.75, 3.05) is 7.11 Å². The number of methoxy groups -OCH3 is 1. The molecular weight excluding hydrogens is 226 g/mol. The number of pyridine rings is 1. The van der Waals surface area contributed by atoms with E-state index >= 15 is 0 Å². The van der Waals surface area contributed by atoms with E-state index in [4.69, 9.17) is 4.74 Å². The highest BCUT2D eigenvalue weighted by molar-refractivity contribution is 5.76. The number of nitrogens with one attached hydrogen (secondary N) is 1. The van der Waals surface area contributed by atoms with Gasteiger partial charge >= 0.3 is 0 Å². The van der Waals surface area contributed by atoms with Crippen molar-refractivity contribution < 1.29 is 4.74 Å². The Morgan fingerprint density at radius 2 is 1.94 bits per heavy atom. The van der Waals surface area contributed by atoms with Gasteiger partial charge in [-0.1, -0.05) is 0 Å². The van der Waals surface area contributed by atoms with Crippen molar-refractivity contribution in [3.63, 3.8) is 0 Å². The van der Waals surface area contributed by atoms with Crippen molar-refractivity contribution in [3.8, 4) is 17.1 Å². The minimum atomic E-state index is 0.742. The molecule has 4 nitrogen and oxygen atoms in total.